The first-order valence-electron chi connectivity index (χ1n) is 8.51. The fourth-order valence-corrected chi connectivity index (χ4v) is 3.82. The van der Waals surface area contributed by atoms with Gasteiger partial charge in [0.15, 0.2) is 5.76 Å². The molecule has 0 unspecified atom stereocenters. The number of rotatable bonds is 4. The molecule has 0 saturated heterocycles. The highest BCUT2D eigenvalue weighted by Gasteiger charge is 2.54. The highest BCUT2D eigenvalue weighted by Crippen LogP contribution is 2.49. The van der Waals surface area contributed by atoms with Crippen LogP contribution in [0.1, 0.15) is 18.5 Å². The van der Waals surface area contributed by atoms with E-state index in [-0.39, 0.29) is 11.6 Å². The zero-order valence-corrected chi connectivity index (χ0v) is 14.9. The summed E-state index contributed by atoms with van der Waals surface area (Å²) in [5.74, 6) is 0.375. The van der Waals surface area contributed by atoms with E-state index in [4.69, 9.17) is 8.94 Å². The monoisotopic (exact) mass is 378 g/mol. The van der Waals surface area contributed by atoms with Crippen LogP contribution in [0.2, 0.25) is 0 Å². The van der Waals surface area contributed by atoms with Crippen LogP contribution in [0, 0.1) is 0 Å². The highest BCUT2D eigenvalue weighted by atomic mass is 32.1. The summed E-state index contributed by atoms with van der Waals surface area (Å²) < 4.78 is 10.7. The van der Waals surface area contributed by atoms with Crippen molar-refractivity contribution < 1.29 is 13.7 Å². The van der Waals surface area contributed by atoms with Crippen molar-refractivity contribution in [1.29, 1.82) is 0 Å². The molecule has 0 spiro atoms. The fraction of sp³-hybridized carbons (Fsp3) is 0.150. The van der Waals surface area contributed by atoms with Crippen molar-refractivity contribution in [3.05, 3.63) is 70.0 Å². The number of nitrogens with zero attached hydrogens (tertiary/aromatic N) is 1. The molecule has 3 heterocycles. The molecule has 0 radical (unpaired) electrons. The number of anilines is 1. The van der Waals surface area contributed by atoms with Crippen molar-refractivity contribution in [1.82, 2.24) is 5.16 Å². The van der Waals surface area contributed by atoms with E-state index in [9.17, 15) is 9.59 Å². The molecule has 0 aliphatic heterocycles. The Morgan fingerprint density at radius 1 is 1.15 bits per heavy atom. The second-order valence-electron chi connectivity index (χ2n) is 6.58. The van der Waals surface area contributed by atoms with E-state index in [0.717, 1.165) is 10.3 Å². The number of thiophene rings is 1. The topological polar surface area (TPSA) is 85.3 Å². The van der Waals surface area contributed by atoms with Crippen molar-refractivity contribution in [2.24, 2.45) is 0 Å². The predicted molar refractivity (Wildman–Crippen MR) is 102 cm³/mol. The Kier molecular flexibility index (Phi) is 3.51. The van der Waals surface area contributed by atoms with Gasteiger partial charge in [0.25, 0.3) is 0 Å². The standard InChI is InChI=1S/C20H14N2O4S/c23-18-13(10-12-4-1-2-5-14(12)25-18)21-19(24)20(7-8-20)17-11-15(26-22-17)16-6-3-9-27-16/h1-6,9-11H,7-8H2,(H,21,24). The third-order valence-corrected chi connectivity index (χ3v) is 5.72. The second kappa shape index (κ2) is 5.92. The first kappa shape index (κ1) is 16.0. The van der Waals surface area contributed by atoms with E-state index in [2.05, 4.69) is 10.5 Å². The molecule has 1 aliphatic carbocycles. The molecular weight excluding hydrogens is 364 g/mol. The molecule has 1 aliphatic rings. The summed E-state index contributed by atoms with van der Waals surface area (Å²) in [5, 5.41) is 9.54. The summed E-state index contributed by atoms with van der Waals surface area (Å²) in [6, 6.07) is 14.5. The lowest BCUT2D eigenvalue weighted by Crippen LogP contribution is -2.30. The van der Waals surface area contributed by atoms with Crippen molar-refractivity contribution in [2.45, 2.75) is 18.3 Å². The van der Waals surface area contributed by atoms with Crippen molar-refractivity contribution in [3.63, 3.8) is 0 Å². The average Bonchev–Trinajstić information content (AvgIpc) is 3.08. The smallest absolute Gasteiger partial charge is 0.360 e. The molecule has 7 heteroatoms. The van der Waals surface area contributed by atoms with Gasteiger partial charge < -0.3 is 14.3 Å². The van der Waals surface area contributed by atoms with Crippen molar-refractivity contribution in [2.75, 3.05) is 5.32 Å². The van der Waals surface area contributed by atoms with Gasteiger partial charge in [-0.1, -0.05) is 29.4 Å². The minimum Gasteiger partial charge on any atom is -0.421 e. The molecule has 1 aromatic carbocycles. The summed E-state index contributed by atoms with van der Waals surface area (Å²) in [4.78, 5) is 26.1. The number of carbonyl (C=O) groups is 1. The zero-order valence-electron chi connectivity index (χ0n) is 14.1. The maximum atomic E-state index is 12.9. The van der Waals surface area contributed by atoms with Gasteiger partial charge >= 0.3 is 5.63 Å². The van der Waals surface area contributed by atoms with Crippen molar-refractivity contribution in [3.8, 4) is 10.6 Å². The number of carbonyl (C=O) groups excluding carboxylic acids is 1. The zero-order chi connectivity index (χ0) is 18.4. The molecule has 1 amide bonds. The van der Waals surface area contributed by atoms with Gasteiger partial charge in [-0.2, -0.15) is 0 Å². The summed E-state index contributed by atoms with van der Waals surface area (Å²) in [6.07, 6.45) is 1.32. The molecule has 4 aromatic rings. The average molecular weight is 378 g/mol. The molecule has 6 nitrogen and oxygen atoms in total. The number of hydrogen-bond acceptors (Lipinski definition) is 6. The summed E-state index contributed by atoms with van der Waals surface area (Å²) in [7, 11) is 0. The lowest BCUT2D eigenvalue weighted by atomic mass is 10.0. The lowest BCUT2D eigenvalue weighted by Gasteiger charge is -2.12. The summed E-state index contributed by atoms with van der Waals surface area (Å²) >= 11 is 1.55. The minimum atomic E-state index is -0.753. The van der Waals surface area contributed by atoms with Crippen LogP contribution >= 0.6 is 11.3 Å². The van der Waals surface area contributed by atoms with Crippen LogP contribution in [-0.2, 0) is 10.2 Å². The largest absolute Gasteiger partial charge is 0.421 e. The van der Waals surface area contributed by atoms with E-state index >= 15 is 0 Å². The number of fused-ring (bicyclic) bond motifs is 1. The Labute approximate surface area is 157 Å². The first-order chi connectivity index (χ1) is 13.2. The Morgan fingerprint density at radius 3 is 2.78 bits per heavy atom. The van der Waals surface area contributed by atoms with Gasteiger partial charge in [0.1, 0.15) is 11.3 Å². The quantitative estimate of drug-likeness (QED) is 0.539. The van der Waals surface area contributed by atoms with Gasteiger partial charge in [0.2, 0.25) is 5.91 Å². The number of aromatic nitrogens is 1. The van der Waals surface area contributed by atoms with Crippen LogP contribution in [0.4, 0.5) is 5.69 Å². The van der Waals surface area contributed by atoms with E-state index < -0.39 is 11.0 Å². The van der Waals surface area contributed by atoms with Crippen LogP contribution in [0.3, 0.4) is 0 Å². The molecule has 1 N–H and O–H groups in total. The Balaban J connectivity index is 1.44. The van der Waals surface area contributed by atoms with Crippen LogP contribution in [-0.4, -0.2) is 11.1 Å². The second-order valence-corrected chi connectivity index (χ2v) is 7.52. The number of hydrogen-bond donors (Lipinski definition) is 1. The van der Waals surface area contributed by atoms with Crippen LogP contribution in [0.5, 0.6) is 0 Å². The maximum Gasteiger partial charge on any atom is 0.360 e. The highest BCUT2D eigenvalue weighted by molar-refractivity contribution is 7.13. The SMILES string of the molecule is O=C(Nc1cc2ccccc2oc1=O)C1(c2cc(-c3cccs3)on2)CC1. The number of para-hydroxylation sites is 1. The molecule has 134 valence electrons. The van der Waals surface area contributed by atoms with Gasteiger partial charge in [0, 0.05) is 11.5 Å². The van der Waals surface area contributed by atoms with E-state index in [0.29, 0.717) is 29.9 Å². The molecule has 1 fully saturated rings. The van der Waals surface area contributed by atoms with Gasteiger partial charge in [-0.05, 0) is 36.4 Å². The van der Waals surface area contributed by atoms with E-state index in [1.165, 1.54) is 0 Å². The number of amides is 1. The Bertz CT molecular complexity index is 1200. The number of nitrogens with one attached hydrogen (secondary N) is 1. The summed E-state index contributed by atoms with van der Waals surface area (Å²) in [6.45, 7) is 0. The molecular formula is C20H14N2O4S. The molecule has 0 bridgehead atoms. The van der Waals surface area contributed by atoms with Crippen LogP contribution in [0.15, 0.2) is 67.6 Å². The minimum absolute atomic E-state index is 0.131. The molecule has 0 atom stereocenters. The Morgan fingerprint density at radius 2 is 2.00 bits per heavy atom. The fourth-order valence-electron chi connectivity index (χ4n) is 3.15. The van der Waals surface area contributed by atoms with Crippen LogP contribution in [0.25, 0.3) is 21.6 Å². The first-order valence-corrected chi connectivity index (χ1v) is 9.39. The molecule has 27 heavy (non-hydrogen) atoms. The van der Waals surface area contributed by atoms with Gasteiger partial charge in [-0.15, -0.1) is 11.3 Å². The molecule has 5 rings (SSSR count). The Hall–Kier alpha value is -3.19. The van der Waals surface area contributed by atoms with Gasteiger partial charge in [0.05, 0.1) is 16.0 Å². The predicted octanol–water partition coefficient (Wildman–Crippen LogP) is 4.18. The normalized spacial score (nSPS) is 15.0. The van der Waals surface area contributed by atoms with E-state index in [1.54, 1.807) is 35.6 Å². The third kappa shape index (κ3) is 2.67. The van der Waals surface area contributed by atoms with E-state index in [1.807, 2.05) is 29.6 Å². The third-order valence-electron chi connectivity index (χ3n) is 4.84. The van der Waals surface area contributed by atoms with Crippen molar-refractivity contribution >= 4 is 33.9 Å². The number of benzene rings is 1. The molecule has 1 saturated carbocycles. The summed E-state index contributed by atoms with van der Waals surface area (Å²) in [5.41, 5.74) is -0.117. The van der Waals surface area contributed by atoms with Gasteiger partial charge in [-0.25, -0.2) is 4.79 Å². The maximum absolute atomic E-state index is 12.9. The van der Waals surface area contributed by atoms with Crippen LogP contribution < -0.4 is 10.9 Å². The molecule has 3 aromatic heterocycles. The van der Waals surface area contributed by atoms with Gasteiger partial charge in [-0.3, -0.25) is 4.79 Å². The lowest BCUT2D eigenvalue weighted by molar-refractivity contribution is -0.118.